The van der Waals surface area contributed by atoms with Crippen molar-refractivity contribution < 1.29 is 14.3 Å². The van der Waals surface area contributed by atoms with E-state index >= 15 is 0 Å². The highest BCUT2D eigenvalue weighted by atomic mass is 16.7. The van der Waals surface area contributed by atoms with Crippen LogP contribution < -0.4 is 26.1 Å². The molecule has 2 aromatic rings. The summed E-state index contributed by atoms with van der Waals surface area (Å²) >= 11 is 0. The molecule has 0 bridgehead atoms. The number of H-pyrrole nitrogens is 1. The number of ether oxygens (including phenoxy) is 2. The number of nitrogens with one attached hydrogen (secondary N) is 2. The molecule has 8 nitrogen and oxygen atoms in total. The zero-order valence-electron chi connectivity index (χ0n) is 13.0. The maximum absolute atomic E-state index is 11.9. The molecule has 1 amide bonds. The van der Waals surface area contributed by atoms with Gasteiger partial charge in [0.25, 0.3) is 5.56 Å². The number of aryl methyl sites for hydroxylation is 1. The lowest BCUT2D eigenvalue weighted by atomic mass is 10.1. The molecule has 4 N–H and O–H groups in total. The summed E-state index contributed by atoms with van der Waals surface area (Å²) in [6.07, 6.45) is 1.38. The first-order chi connectivity index (χ1) is 11.6. The molecule has 0 fully saturated rings. The molecule has 0 saturated carbocycles. The number of amides is 1. The largest absolute Gasteiger partial charge is 0.454 e. The maximum atomic E-state index is 11.9. The minimum absolute atomic E-state index is 0.0704. The smallest absolute Gasteiger partial charge is 0.252 e. The molecule has 1 aromatic carbocycles. The SMILES string of the molecule is Nc1cc(=O)[nH]c(CCNC(=O)CCc2ccc3c(c2)OCO3)n1. The van der Waals surface area contributed by atoms with E-state index in [9.17, 15) is 9.59 Å². The number of carbonyl (C=O) groups is 1. The Morgan fingerprint density at radius 2 is 2.08 bits per heavy atom. The van der Waals surface area contributed by atoms with E-state index < -0.39 is 0 Å². The fourth-order valence-corrected chi connectivity index (χ4v) is 2.41. The Morgan fingerprint density at radius 3 is 2.92 bits per heavy atom. The van der Waals surface area contributed by atoms with Gasteiger partial charge < -0.3 is 25.5 Å². The van der Waals surface area contributed by atoms with Crippen molar-refractivity contribution in [2.75, 3.05) is 19.1 Å². The number of benzene rings is 1. The molecular formula is C16H18N4O4. The van der Waals surface area contributed by atoms with Crippen molar-refractivity contribution in [1.82, 2.24) is 15.3 Å². The third-order valence-corrected chi connectivity index (χ3v) is 3.57. The van der Waals surface area contributed by atoms with Crippen LogP contribution in [-0.4, -0.2) is 29.2 Å². The van der Waals surface area contributed by atoms with Crippen molar-refractivity contribution >= 4 is 11.7 Å². The average Bonchev–Trinajstić information content (AvgIpc) is 2.99. The van der Waals surface area contributed by atoms with E-state index in [0.717, 1.165) is 11.3 Å². The lowest BCUT2D eigenvalue weighted by Crippen LogP contribution is -2.27. The molecule has 24 heavy (non-hydrogen) atoms. The van der Waals surface area contributed by atoms with Gasteiger partial charge in [0.15, 0.2) is 11.5 Å². The maximum Gasteiger partial charge on any atom is 0.252 e. The van der Waals surface area contributed by atoms with Gasteiger partial charge in [-0.3, -0.25) is 9.59 Å². The lowest BCUT2D eigenvalue weighted by molar-refractivity contribution is -0.121. The minimum Gasteiger partial charge on any atom is -0.454 e. The number of rotatable bonds is 6. The van der Waals surface area contributed by atoms with Gasteiger partial charge in [-0.15, -0.1) is 0 Å². The van der Waals surface area contributed by atoms with E-state index in [1.807, 2.05) is 18.2 Å². The highest BCUT2D eigenvalue weighted by Gasteiger charge is 2.13. The summed E-state index contributed by atoms with van der Waals surface area (Å²) in [5, 5.41) is 2.79. The second-order valence-electron chi connectivity index (χ2n) is 5.40. The van der Waals surface area contributed by atoms with Crippen LogP contribution in [0.4, 0.5) is 5.82 Å². The third-order valence-electron chi connectivity index (χ3n) is 3.57. The summed E-state index contributed by atoms with van der Waals surface area (Å²) in [5.41, 5.74) is 6.22. The predicted molar refractivity (Wildman–Crippen MR) is 86.9 cm³/mol. The first kappa shape index (κ1) is 15.9. The van der Waals surface area contributed by atoms with Crippen LogP contribution in [0.2, 0.25) is 0 Å². The minimum atomic E-state index is -0.299. The Morgan fingerprint density at radius 1 is 1.25 bits per heavy atom. The zero-order valence-corrected chi connectivity index (χ0v) is 13.0. The van der Waals surface area contributed by atoms with Gasteiger partial charge in [-0.05, 0) is 24.1 Å². The molecule has 1 aliphatic rings. The van der Waals surface area contributed by atoms with Gasteiger partial charge in [-0.1, -0.05) is 6.07 Å². The number of fused-ring (bicyclic) bond motifs is 1. The molecule has 0 atom stereocenters. The molecular weight excluding hydrogens is 312 g/mol. The quantitative estimate of drug-likeness (QED) is 0.704. The van der Waals surface area contributed by atoms with Crippen LogP contribution in [0.15, 0.2) is 29.1 Å². The predicted octanol–water partition coefficient (Wildman–Crippen LogP) is 0.372. The summed E-state index contributed by atoms with van der Waals surface area (Å²) < 4.78 is 10.6. The summed E-state index contributed by atoms with van der Waals surface area (Å²) in [5.74, 6) is 1.99. The van der Waals surface area contributed by atoms with Crippen molar-refractivity contribution in [3.8, 4) is 11.5 Å². The molecule has 3 rings (SSSR count). The summed E-state index contributed by atoms with van der Waals surface area (Å²) in [6, 6.07) is 6.87. The van der Waals surface area contributed by atoms with Gasteiger partial charge in [-0.25, -0.2) is 4.98 Å². The number of aromatic nitrogens is 2. The van der Waals surface area contributed by atoms with Crippen LogP contribution in [-0.2, 0) is 17.6 Å². The van der Waals surface area contributed by atoms with E-state index in [-0.39, 0.29) is 24.1 Å². The third kappa shape index (κ3) is 4.03. The van der Waals surface area contributed by atoms with E-state index in [1.165, 1.54) is 6.07 Å². The topological polar surface area (TPSA) is 119 Å². The number of aromatic amines is 1. The molecule has 0 spiro atoms. The van der Waals surface area contributed by atoms with Crippen molar-refractivity contribution in [2.24, 2.45) is 0 Å². The number of hydrogen-bond acceptors (Lipinski definition) is 6. The van der Waals surface area contributed by atoms with Gasteiger partial charge in [0, 0.05) is 25.5 Å². The highest BCUT2D eigenvalue weighted by molar-refractivity contribution is 5.76. The van der Waals surface area contributed by atoms with Gasteiger partial charge >= 0.3 is 0 Å². The van der Waals surface area contributed by atoms with E-state index in [0.29, 0.717) is 37.4 Å². The average molecular weight is 330 g/mol. The second kappa shape index (κ2) is 7.03. The van der Waals surface area contributed by atoms with Crippen LogP contribution in [0.5, 0.6) is 11.5 Å². The molecule has 126 valence electrons. The molecule has 2 heterocycles. The van der Waals surface area contributed by atoms with Crippen LogP contribution in [0.25, 0.3) is 0 Å². The fourth-order valence-electron chi connectivity index (χ4n) is 2.41. The molecule has 8 heteroatoms. The van der Waals surface area contributed by atoms with Crippen LogP contribution in [0.3, 0.4) is 0 Å². The van der Waals surface area contributed by atoms with E-state index in [2.05, 4.69) is 15.3 Å². The summed E-state index contributed by atoms with van der Waals surface area (Å²) in [4.78, 5) is 29.7. The lowest BCUT2D eigenvalue weighted by Gasteiger charge is -2.06. The highest BCUT2D eigenvalue weighted by Crippen LogP contribution is 2.32. The Hall–Kier alpha value is -3.03. The monoisotopic (exact) mass is 330 g/mol. The standard InChI is InChI=1S/C16H18N4O4/c17-13-8-16(22)20-14(19-13)5-6-18-15(21)4-2-10-1-3-11-12(7-10)24-9-23-11/h1,3,7-8H,2,4-6,9H2,(H,18,21)(H3,17,19,20,22). The number of nitrogen functional groups attached to an aromatic ring is 1. The molecule has 0 aliphatic carbocycles. The van der Waals surface area contributed by atoms with Gasteiger partial charge in [-0.2, -0.15) is 0 Å². The number of carbonyl (C=O) groups excluding carboxylic acids is 1. The molecule has 0 saturated heterocycles. The first-order valence-corrected chi connectivity index (χ1v) is 7.61. The molecule has 0 radical (unpaired) electrons. The summed E-state index contributed by atoms with van der Waals surface area (Å²) in [6.45, 7) is 0.617. The summed E-state index contributed by atoms with van der Waals surface area (Å²) in [7, 11) is 0. The molecule has 1 aromatic heterocycles. The van der Waals surface area contributed by atoms with Gasteiger partial charge in [0.05, 0.1) is 0 Å². The Labute approximate surface area is 138 Å². The Bertz CT molecular complexity index is 803. The van der Waals surface area contributed by atoms with E-state index in [4.69, 9.17) is 15.2 Å². The van der Waals surface area contributed by atoms with Crippen molar-refractivity contribution in [3.63, 3.8) is 0 Å². The van der Waals surface area contributed by atoms with Crippen LogP contribution >= 0.6 is 0 Å². The number of nitrogens with zero attached hydrogens (tertiary/aromatic N) is 1. The number of hydrogen-bond donors (Lipinski definition) is 3. The number of nitrogens with two attached hydrogens (primary N) is 1. The molecule has 0 unspecified atom stereocenters. The fraction of sp³-hybridized carbons (Fsp3) is 0.312. The van der Waals surface area contributed by atoms with Crippen molar-refractivity contribution in [3.05, 3.63) is 46.0 Å². The first-order valence-electron chi connectivity index (χ1n) is 7.61. The van der Waals surface area contributed by atoms with Crippen molar-refractivity contribution in [1.29, 1.82) is 0 Å². The zero-order chi connectivity index (χ0) is 16.9. The Balaban J connectivity index is 1.43. The normalized spacial score (nSPS) is 12.2. The van der Waals surface area contributed by atoms with E-state index in [1.54, 1.807) is 0 Å². The van der Waals surface area contributed by atoms with Crippen LogP contribution in [0.1, 0.15) is 17.8 Å². The second-order valence-corrected chi connectivity index (χ2v) is 5.40. The molecule has 1 aliphatic heterocycles. The van der Waals surface area contributed by atoms with Gasteiger partial charge in [0.1, 0.15) is 11.6 Å². The van der Waals surface area contributed by atoms with Gasteiger partial charge in [0.2, 0.25) is 12.7 Å². The van der Waals surface area contributed by atoms with Crippen LogP contribution in [0, 0.1) is 0 Å². The Kier molecular flexibility index (Phi) is 4.64. The number of anilines is 1. The van der Waals surface area contributed by atoms with Crippen molar-refractivity contribution in [2.45, 2.75) is 19.3 Å².